The quantitative estimate of drug-likeness (QED) is 0.114. The third-order valence-electron chi connectivity index (χ3n) is 4.07. The molecule has 0 radical (unpaired) electrons. The molecular formula is C15H47NO43S8. The molecule has 24 N–H and O–H groups in total. The van der Waals surface area contributed by atoms with Gasteiger partial charge in [0.25, 0.3) is 0 Å². The highest BCUT2D eigenvalue weighted by molar-refractivity contribution is 7.81. The van der Waals surface area contributed by atoms with Gasteiger partial charge in [0, 0.05) is 0 Å². The zero-order chi connectivity index (χ0) is 56.9. The van der Waals surface area contributed by atoms with E-state index < -0.39 is 158 Å². The second kappa shape index (κ2) is 35.6. The van der Waals surface area contributed by atoms with Crippen LogP contribution in [0.3, 0.4) is 0 Å². The first-order valence-electron chi connectivity index (χ1n) is 14.0. The summed E-state index contributed by atoms with van der Waals surface area (Å²) >= 11 is 0. The van der Waals surface area contributed by atoms with Gasteiger partial charge in [-0.05, 0) is 21.1 Å². The molecule has 2 aliphatic rings. The molecule has 52 heteroatoms. The first kappa shape index (κ1) is 82.4. The molecule has 0 bridgehead atoms. The fourth-order valence-corrected chi connectivity index (χ4v) is 2.63. The number of aliphatic hydroxyl groups excluding tert-OH is 8. The zero-order valence-electron chi connectivity index (χ0n) is 32.4. The van der Waals surface area contributed by atoms with E-state index >= 15 is 0 Å². The van der Waals surface area contributed by atoms with Gasteiger partial charge in [-0.2, -0.15) is 67.3 Å². The van der Waals surface area contributed by atoms with Crippen LogP contribution in [0.25, 0.3) is 0 Å². The Labute approximate surface area is 377 Å². The Kier molecular flexibility index (Phi) is 43.7. The highest BCUT2D eigenvalue weighted by Crippen LogP contribution is 2.35. The van der Waals surface area contributed by atoms with Gasteiger partial charge in [-0.1, -0.05) is 0 Å². The van der Waals surface area contributed by atoms with E-state index in [0.29, 0.717) is 0 Å². The van der Waals surface area contributed by atoms with Gasteiger partial charge < -0.3 is 60.0 Å². The largest absolute Gasteiger partial charge is 0.394 e. The molecule has 2 aliphatic heterocycles. The van der Waals surface area contributed by atoms with Crippen molar-refractivity contribution in [1.82, 2.24) is 4.90 Å². The SMILES string of the molecule is CN(C)C.O=S(=O)(O)O.O=S(=O)(O)O.O=S(=O)(O)O.O=S(=O)(O)O.O=S(=O)(O)O.O=S(=O)(O)O.O=S(=O)(O)O.O=S(=O)(O)O.OC[C@H]1O[C@@](CO)(O[C@H]2O[C@H](CO)[C@@H](O)[C@H](O)[C@H]2O)[C@@H](O)[C@@H]1O. The van der Waals surface area contributed by atoms with E-state index in [1.807, 2.05) is 26.0 Å². The molecule has 418 valence electrons. The van der Waals surface area contributed by atoms with E-state index in [0.717, 1.165) is 0 Å². The van der Waals surface area contributed by atoms with Crippen molar-refractivity contribution in [2.45, 2.75) is 54.8 Å². The van der Waals surface area contributed by atoms with Crippen LogP contribution in [0.5, 0.6) is 0 Å². The van der Waals surface area contributed by atoms with Crippen LogP contribution in [0.15, 0.2) is 0 Å². The Hall–Kier alpha value is -1.52. The van der Waals surface area contributed by atoms with Gasteiger partial charge in [0.1, 0.15) is 49.3 Å². The molecule has 0 amide bonds. The Balaban J connectivity index is -0.000000109. The lowest BCUT2D eigenvalue weighted by atomic mass is 9.99. The Morgan fingerprint density at radius 3 is 0.776 bits per heavy atom. The summed E-state index contributed by atoms with van der Waals surface area (Å²) in [6, 6.07) is 0. The molecule has 0 aromatic heterocycles. The molecule has 0 unspecified atom stereocenters. The van der Waals surface area contributed by atoms with Gasteiger partial charge in [-0.25, -0.2) is 0 Å². The number of ether oxygens (including phenoxy) is 3. The fraction of sp³-hybridized carbons (Fsp3) is 1.00. The van der Waals surface area contributed by atoms with Crippen LogP contribution in [0, 0.1) is 0 Å². The van der Waals surface area contributed by atoms with Gasteiger partial charge in [0.05, 0.1) is 13.2 Å². The molecule has 2 fully saturated rings. The summed E-state index contributed by atoms with van der Waals surface area (Å²) in [5.74, 6) is -2.22. The predicted molar refractivity (Wildman–Crippen MR) is 202 cm³/mol. The van der Waals surface area contributed by atoms with Crippen molar-refractivity contribution in [2.75, 3.05) is 41.0 Å². The molecular weight excluding hydrogens is 1140 g/mol. The van der Waals surface area contributed by atoms with E-state index in [9.17, 15) is 30.6 Å². The minimum atomic E-state index is -4.67. The lowest BCUT2D eigenvalue weighted by Gasteiger charge is -2.43. The maximum Gasteiger partial charge on any atom is 0.394 e. The summed E-state index contributed by atoms with van der Waals surface area (Å²) in [4.78, 5) is 2.00. The standard InChI is InChI=1S/C12H22O11.C3H9N.8H2O4S/c13-1-4-6(16)8(18)9(19)11(21-4)23-12(3-15)10(20)7(17)5(2-14)22-12;1-4(2)3;8*1-5(2,3)4/h4-11,13-20H,1-3H2;1-3H3;8*(H2,1,2,3,4)/t4-,5-,6-,7-,8+,9-,10+,11-,12+;;;;;;;;;/m1........./s1. The maximum atomic E-state index is 10.00. The van der Waals surface area contributed by atoms with Crippen molar-refractivity contribution < 1.29 is 195 Å². The van der Waals surface area contributed by atoms with Crippen molar-refractivity contribution in [2.24, 2.45) is 0 Å². The lowest BCUT2D eigenvalue weighted by Crippen LogP contribution is -2.62. The highest BCUT2D eigenvalue weighted by atomic mass is 32.3. The molecule has 0 aromatic carbocycles. The second-order valence-corrected chi connectivity index (χ2v) is 17.6. The van der Waals surface area contributed by atoms with E-state index in [1.54, 1.807) is 0 Å². The van der Waals surface area contributed by atoms with Crippen LogP contribution in [-0.4, -0.2) is 282 Å². The molecule has 2 saturated heterocycles. The van der Waals surface area contributed by atoms with Crippen LogP contribution in [0.4, 0.5) is 0 Å². The molecule has 67 heavy (non-hydrogen) atoms. The normalized spacial score (nSPS) is 25.0. The van der Waals surface area contributed by atoms with Gasteiger partial charge >= 0.3 is 83.2 Å². The summed E-state index contributed by atoms with van der Waals surface area (Å²) in [5.41, 5.74) is 0. The number of hydrogen-bond acceptors (Lipinski definition) is 28. The Morgan fingerprint density at radius 2 is 0.612 bits per heavy atom. The maximum absolute atomic E-state index is 10.00. The van der Waals surface area contributed by atoms with Crippen LogP contribution in [0.2, 0.25) is 0 Å². The number of aliphatic hydroxyl groups is 8. The van der Waals surface area contributed by atoms with Crippen molar-refractivity contribution >= 4 is 83.2 Å². The van der Waals surface area contributed by atoms with Gasteiger partial charge in [0.2, 0.25) is 5.79 Å². The van der Waals surface area contributed by atoms with Gasteiger partial charge in [0.15, 0.2) is 6.29 Å². The predicted octanol–water partition coefficient (Wildman–Crippen LogP) is -10.4. The second-order valence-electron chi connectivity index (χ2n) is 10.5. The minimum Gasteiger partial charge on any atom is -0.394 e. The molecule has 2 heterocycles. The highest BCUT2D eigenvalue weighted by Gasteiger charge is 2.58. The first-order chi connectivity index (χ1) is 28.5. The van der Waals surface area contributed by atoms with Crippen LogP contribution < -0.4 is 0 Å². The lowest BCUT2D eigenvalue weighted by molar-refractivity contribution is -0.383. The summed E-state index contributed by atoms with van der Waals surface area (Å²) in [6.07, 6.45) is -12.7. The van der Waals surface area contributed by atoms with E-state index in [1.165, 1.54) is 0 Å². The Bertz CT molecular complexity index is 1780. The van der Waals surface area contributed by atoms with Crippen molar-refractivity contribution in [3.05, 3.63) is 0 Å². The fourth-order valence-electron chi connectivity index (χ4n) is 2.63. The molecule has 0 saturated carbocycles. The third kappa shape index (κ3) is 103. The van der Waals surface area contributed by atoms with Crippen molar-refractivity contribution in [3.8, 4) is 0 Å². The topological polar surface area (TPSA) is 790 Å². The van der Waals surface area contributed by atoms with Crippen molar-refractivity contribution in [3.63, 3.8) is 0 Å². The van der Waals surface area contributed by atoms with Crippen LogP contribution >= 0.6 is 0 Å². The number of hydrogen-bond donors (Lipinski definition) is 24. The summed E-state index contributed by atoms with van der Waals surface area (Å²) in [7, 11) is -31.3. The molecule has 2 rings (SSSR count). The summed E-state index contributed by atoms with van der Waals surface area (Å²) in [6.45, 7) is -2.32. The average Bonchev–Trinajstić information content (AvgIpc) is 3.19. The molecule has 9 atom stereocenters. The molecule has 0 aliphatic carbocycles. The molecule has 44 nitrogen and oxygen atoms in total. The zero-order valence-corrected chi connectivity index (χ0v) is 39.0. The number of nitrogens with zero attached hydrogens (tertiary/aromatic N) is 1. The van der Waals surface area contributed by atoms with Crippen molar-refractivity contribution in [1.29, 1.82) is 0 Å². The number of rotatable bonds is 5. The van der Waals surface area contributed by atoms with E-state index in [-0.39, 0.29) is 0 Å². The van der Waals surface area contributed by atoms with Crippen LogP contribution in [-0.2, 0) is 97.4 Å². The monoisotopic (exact) mass is 1180 g/mol. The van der Waals surface area contributed by atoms with E-state index in [2.05, 4.69) is 0 Å². The van der Waals surface area contributed by atoms with Gasteiger partial charge in [-0.3, -0.25) is 72.8 Å². The average molecular weight is 1190 g/mol. The first-order valence-corrected chi connectivity index (χ1v) is 25.2. The van der Waals surface area contributed by atoms with Crippen LogP contribution in [0.1, 0.15) is 0 Å². The molecule has 0 spiro atoms. The molecule has 0 aromatic rings. The van der Waals surface area contributed by atoms with E-state index in [4.69, 9.17) is 165 Å². The minimum absolute atomic E-state index is 0.669. The summed E-state index contributed by atoms with van der Waals surface area (Å²) in [5, 5.41) is 76.7. The smallest absolute Gasteiger partial charge is 0.394 e. The Morgan fingerprint density at radius 1 is 0.403 bits per heavy atom. The summed E-state index contributed by atoms with van der Waals surface area (Å²) < 4.78 is 268. The third-order valence-corrected chi connectivity index (χ3v) is 4.07. The van der Waals surface area contributed by atoms with Gasteiger partial charge in [-0.15, -0.1) is 0 Å².